The number of carbonyl (C=O) groups is 2. The van der Waals surface area contributed by atoms with Crippen LogP contribution in [0.2, 0.25) is 0 Å². The van der Waals surface area contributed by atoms with Crippen LogP contribution in [-0.2, 0) is 4.79 Å². The number of halogens is 1. The van der Waals surface area contributed by atoms with Gasteiger partial charge >= 0.3 is 0 Å². The summed E-state index contributed by atoms with van der Waals surface area (Å²) in [5, 5.41) is 5.44. The summed E-state index contributed by atoms with van der Waals surface area (Å²) in [4.78, 5) is 23.3. The molecule has 1 aromatic rings. The molecule has 5 heteroatoms. The highest BCUT2D eigenvalue weighted by molar-refractivity contribution is 5.94. The number of carbonyl (C=O) groups excluding carboxylic acids is 2. The summed E-state index contributed by atoms with van der Waals surface area (Å²) in [6.07, 6.45) is 3.04. The second-order valence-electron chi connectivity index (χ2n) is 5.14. The zero-order chi connectivity index (χ0) is 14.5. The highest BCUT2D eigenvalue weighted by Gasteiger charge is 2.24. The molecule has 108 valence electrons. The van der Waals surface area contributed by atoms with Gasteiger partial charge in [-0.1, -0.05) is 12.5 Å². The van der Waals surface area contributed by atoms with Crippen molar-refractivity contribution in [2.24, 2.45) is 5.92 Å². The van der Waals surface area contributed by atoms with Gasteiger partial charge in [0.25, 0.3) is 5.91 Å². The largest absolute Gasteiger partial charge is 0.354 e. The average Bonchev–Trinajstić information content (AvgIpc) is 2.35. The lowest BCUT2D eigenvalue weighted by Gasteiger charge is -2.24. The van der Waals surface area contributed by atoms with Crippen molar-refractivity contribution >= 4 is 11.8 Å². The second kappa shape index (κ2) is 6.50. The number of benzene rings is 1. The van der Waals surface area contributed by atoms with Crippen LogP contribution < -0.4 is 10.6 Å². The van der Waals surface area contributed by atoms with E-state index in [0.717, 1.165) is 19.3 Å². The minimum absolute atomic E-state index is 0.0619. The first kappa shape index (κ1) is 14.5. The molecule has 1 aliphatic rings. The average molecular weight is 278 g/mol. The zero-order valence-corrected chi connectivity index (χ0v) is 11.5. The quantitative estimate of drug-likeness (QED) is 0.807. The third-order valence-corrected chi connectivity index (χ3v) is 3.62. The smallest absolute Gasteiger partial charge is 0.251 e. The highest BCUT2D eigenvalue weighted by Crippen LogP contribution is 2.25. The molecule has 1 aromatic carbocycles. The summed E-state index contributed by atoms with van der Waals surface area (Å²) in [7, 11) is 0. The maximum absolute atomic E-state index is 13.3. The summed E-state index contributed by atoms with van der Waals surface area (Å²) >= 11 is 0. The molecule has 0 unspecified atom stereocenters. The number of amides is 2. The van der Waals surface area contributed by atoms with E-state index in [1.807, 2.05) is 0 Å². The van der Waals surface area contributed by atoms with E-state index in [1.54, 1.807) is 19.1 Å². The Hall–Kier alpha value is -1.91. The Morgan fingerprint density at radius 2 is 1.95 bits per heavy atom. The fourth-order valence-corrected chi connectivity index (χ4v) is 2.01. The molecule has 0 atom stereocenters. The molecule has 2 rings (SSSR count). The monoisotopic (exact) mass is 278 g/mol. The Balaban J connectivity index is 1.71. The van der Waals surface area contributed by atoms with E-state index in [9.17, 15) is 14.0 Å². The van der Waals surface area contributed by atoms with E-state index < -0.39 is 5.82 Å². The van der Waals surface area contributed by atoms with Crippen molar-refractivity contribution in [3.63, 3.8) is 0 Å². The molecule has 0 saturated heterocycles. The lowest BCUT2D eigenvalue weighted by Crippen LogP contribution is -2.39. The summed E-state index contributed by atoms with van der Waals surface area (Å²) in [5.41, 5.74) is 0.799. The minimum Gasteiger partial charge on any atom is -0.354 e. The maximum atomic E-state index is 13.3. The van der Waals surface area contributed by atoms with Crippen LogP contribution in [0.4, 0.5) is 4.39 Å². The number of hydrogen-bond acceptors (Lipinski definition) is 2. The van der Waals surface area contributed by atoms with Crippen molar-refractivity contribution in [1.29, 1.82) is 0 Å². The molecule has 0 bridgehead atoms. The fourth-order valence-electron chi connectivity index (χ4n) is 2.01. The summed E-state index contributed by atoms with van der Waals surface area (Å²) in [6.45, 7) is 2.38. The molecule has 1 fully saturated rings. The molecular formula is C15H19FN2O2. The molecule has 20 heavy (non-hydrogen) atoms. The van der Waals surface area contributed by atoms with Crippen LogP contribution in [0.1, 0.15) is 35.2 Å². The van der Waals surface area contributed by atoms with Gasteiger partial charge in [-0.3, -0.25) is 9.59 Å². The van der Waals surface area contributed by atoms with E-state index in [1.165, 1.54) is 6.07 Å². The topological polar surface area (TPSA) is 58.2 Å². The molecule has 1 aliphatic carbocycles. The molecule has 2 N–H and O–H groups in total. The van der Waals surface area contributed by atoms with Gasteiger partial charge in [-0.2, -0.15) is 0 Å². The van der Waals surface area contributed by atoms with Crippen LogP contribution in [-0.4, -0.2) is 24.9 Å². The first-order chi connectivity index (χ1) is 9.58. The predicted octanol–water partition coefficient (Wildman–Crippen LogP) is 1.78. The van der Waals surface area contributed by atoms with Gasteiger partial charge in [-0.05, 0) is 37.5 Å². The van der Waals surface area contributed by atoms with Gasteiger partial charge in [0.2, 0.25) is 5.91 Å². The van der Waals surface area contributed by atoms with E-state index in [4.69, 9.17) is 0 Å². The molecule has 4 nitrogen and oxygen atoms in total. The van der Waals surface area contributed by atoms with Crippen molar-refractivity contribution in [2.75, 3.05) is 13.1 Å². The number of rotatable bonds is 5. The van der Waals surface area contributed by atoms with Gasteiger partial charge in [0.05, 0.1) is 0 Å². The van der Waals surface area contributed by atoms with Gasteiger partial charge in [-0.15, -0.1) is 0 Å². The Kier molecular flexibility index (Phi) is 4.71. The third-order valence-electron chi connectivity index (χ3n) is 3.62. The van der Waals surface area contributed by atoms with Gasteiger partial charge in [0, 0.05) is 24.6 Å². The van der Waals surface area contributed by atoms with Gasteiger partial charge < -0.3 is 10.6 Å². The Bertz CT molecular complexity index is 513. The molecule has 1 saturated carbocycles. The first-order valence-corrected chi connectivity index (χ1v) is 6.90. The highest BCUT2D eigenvalue weighted by atomic mass is 19.1. The van der Waals surface area contributed by atoms with E-state index >= 15 is 0 Å². The van der Waals surface area contributed by atoms with Crippen LogP contribution in [0, 0.1) is 18.7 Å². The SMILES string of the molecule is Cc1ccc(C(=O)NCCNC(=O)C2CCC2)cc1F. The van der Waals surface area contributed by atoms with Crippen molar-refractivity contribution in [3.8, 4) is 0 Å². The van der Waals surface area contributed by atoms with Gasteiger partial charge in [0.15, 0.2) is 0 Å². The summed E-state index contributed by atoms with van der Waals surface area (Å²) in [5.74, 6) is -0.512. The molecule has 2 amide bonds. The lowest BCUT2D eigenvalue weighted by molar-refractivity contribution is -0.127. The van der Waals surface area contributed by atoms with Gasteiger partial charge in [-0.25, -0.2) is 4.39 Å². The van der Waals surface area contributed by atoms with Crippen LogP contribution in [0.5, 0.6) is 0 Å². The predicted molar refractivity (Wildman–Crippen MR) is 73.8 cm³/mol. The first-order valence-electron chi connectivity index (χ1n) is 6.90. The van der Waals surface area contributed by atoms with Crippen molar-refractivity contribution in [3.05, 3.63) is 35.1 Å². The molecule has 0 radical (unpaired) electrons. The Morgan fingerprint density at radius 3 is 2.55 bits per heavy atom. The molecule has 0 aromatic heterocycles. The van der Waals surface area contributed by atoms with Crippen LogP contribution >= 0.6 is 0 Å². The van der Waals surface area contributed by atoms with Crippen molar-refractivity contribution < 1.29 is 14.0 Å². The summed E-state index contributed by atoms with van der Waals surface area (Å²) < 4.78 is 13.3. The minimum atomic E-state index is -0.393. The number of nitrogens with one attached hydrogen (secondary N) is 2. The summed E-state index contributed by atoms with van der Waals surface area (Å²) in [6, 6.07) is 4.38. The van der Waals surface area contributed by atoms with Crippen molar-refractivity contribution in [2.45, 2.75) is 26.2 Å². The van der Waals surface area contributed by atoms with Crippen LogP contribution in [0.25, 0.3) is 0 Å². The normalized spacial score (nSPS) is 14.5. The molecule has 0 heterocycles. The molecule has 0 aliphatic heterocycles. The fraction of sp³-hybridized carbons (Fsp3) is 0.467. The van der Waals surface area contributed by atoms with E-state index in [2.05, 4.69) is 10.6 Å². The number of hydrogen-bond donors (Lipinski definition) is 2. The lowest BCUT2D eigenvalue weighted by atomic mass is 9.85. The number of aryl methyl sites for hydroxylation is 1. The van der Waals surface area contributed by atoms with Crippen LogP contribution in [0.15, 0.2) is 18.2 Å². The Labute approximate surface area is 117 Å². The maximum Gasteiger partial charge on any atom is 0.251 e. The zero-order valence-electron chi connectivity index (χ0n) is 11.5. The second-order valence-corrected chi connectivity index (χ2v) is 5.14. The van der Waals surface area contributed by atoms with Gasteiger partial charge in [0.1, 0.15) is 5.82 Å². The van der Waals surface area contributed by atoms with Crippen LogP contribution in [0.3, 0.4) is 0 Å². The third kappa shape index (κ3) is 3.56. The standard InChI is InChI=1S/C15H19FN2O2/c1-10-5-6-12(9-13(10)16)15(20)18-8-7-17-14(19)11-3-2-4-11/h5-6,9,11H,2-4,7-8H2,1H3,(H,17,19)(H,18,20). The molecular weight excluding hydrogens is 259 g/mol. The van der Waals surface area contributed by atoms with E-state index in [-0.39, 0.29) is 17.7 Å². The molecule has 0 spiro atoms. The van der Waals surface area contributed by atoms with E-state index in [0.29, 0.717) is 24.2 Å². The Morgan fingerprint density at radius 1 is 1.25 bits per heavy atom. The van der Waals surface area contributed by atoms with Crippen molar-refractivity contribution in [1.82, 2.24) is 10.6 Å².